The van der Waals surface area contributed by atoms with Crippen molar-refractivity contribution in [3.63, 3.8) is 0 Å². The minimum absolute atomic E-state index is 0.309. The first-order valence-corrected chi connectivity index (χ1v) is 11.3. The van der Waals surface area contributed by atoms with Gasteiger partial charge >= 0.3 is 0 Å². The Morgan fingerprint density at radius 2 is 1.50 bits per heavy atom. The van der Waals surface area contributed by atoms with Gasteiger partial charge in [-0.1, -0.05) is 54.3 Å². The quantitative estimate of drug-likeness (QED) is 0.445. The third-order valence-electron chi connectivity index (χ3n) is 5.83. The Morgan fingerprint density at radius 1 is 0.781 bits per heavy atom. The Bertz CT molecular complexity index is 1010. The predicted octanol–water partition coefficient (Wildman–Crippen LogP) is 3.90. The summed E-state index contributed by atoms with van der Waals surface area (Å²) in [6, 6.07) is 26.7. The van der Waals surface area contributed by atoms with Gasteiger partial charge in [-0.05, 0) is 53.9 Å². The average Bonchev–Trinajstić information content (AvgIpc) is 2.84. The molecule has 4 nitrogen and oxygen atoms in total. The molecule has 0 atom stereocenters. The van der Waals surface area contributed by atoms with Gasteiger partial charge in [0.2, 0.25) is 0 Å². The van der Waals surface area contributed by atoms with Crippen molar-refractivity contribution in [1.29, 1.82) is 0 Å². The molecule has 0 aromatic heterocycles. The Hall–Kier alpha value is -3.26. The molecule has 0 bridgehead atoms. The number of aromatic hydroxyl groups is 1. The van der Waals surface area contributed by atoms with E-state index in [4.69, 9.17) is 0 Å². The van der Waals surface area contributed by atoms with Crippen LogP contribution in [-0.2, 0) is 13.0 Å². The van der Waals surface area contributed by atoms with Crippen LogP contribution < -0.4 is 10.2 Å². The lowest BCUT2D eigenvalue weighted by atomic mass is 10.1. The van der Waals surface area contributed by atoms with Crippen molar-refractivity contribution in [2.24, 2.45) is 0 Å². The highest BCUT2D eigenvalue weighted by Gasteiger charge is 2.17. The van der Waals surface area contributed by atoms with E-state index in [1.54, 1.807) is 12.1 Å². The van der Waals surface area contributed by atoms with Crippen molar-refractivity contribution in [2.45, 2.75) is 13.0 Å². The summed E-state index contributed by atoms with van der Waals surface area (Å²) in [5.41, 5.74) is 4.93. The summed E-state index contributed by atoms with van der Waals surface area (Å²) in [6.45, 7) is 6.87. The molecule has 4 rings (SSSR count). The number of anilines is 1. The van der Waals surface area contributed by atoms with E-state index in [-0.39, 0.29) is 0 Å². The zero-order valence-electron chi connectivity index (χ0n) is 18.5. The third-order valence-corrected chi connectivity index (χ3v) is 5.83. The number of piperazine rings is 1. The van der Waals surface area contributed by atoms with E-state index in [2.05, 4.69) is 81.6 Å². The number of nitrogens with one attached hydrogen (secondary N) is 1. The number of phenols is 1. The number of benzene rings is 3. The number of nitrogens with zero attached hydrogens (tertiary/aromatic N) is 2. The fraction of sp³-hybridized carbons (Fsp3) is 0.286. The summed E-state index contributed by atoms with van der Waals surface area (Å²) in [5, 5.41) is 12.7. The molecule has 1 fully saturated rings. The number of hydrogen-bond donors (Lipinski definition) is 2. The van der Waals surface area contributed by atoms with Gasteiger partial charge in [0.15, 0.2) is 0 Å². The highest BCUT2D eigenvalue weighted by Crippen LogP contribution is 2.18. The van der Waals surface area contributed by atoms with Crippen LogP contribution in [0.4, 0.5) is 5.69 Å². The van der Waals surface area contributed by atoms with Crippen LogP contribution >= 0.6 is 0 Å². The highest BCUT2D eigenvalue weighted by atomic mass is 16.3. The Balaban J connectivity index is 1.17. The second-order valence-corrected chi connectivity index (χ2v) is 8.19. The first-order chi connectivity index (χ1) is 15.8. The molecule has 1 heterocycles. The standard InChI is InChI=1S/C28H31N3O/c32-28-14-10-25(11-15-28)16-18-29-17-4-7-24-8-12-27(13-9-24)31-21-19-30(20-22-31)23-26-5-2-1-3-6-26/h1-3,5-6,8-15,29,32H,16-23H2. The lowest BCUT2D eigenvalue weighted by molar-refractivity contribution is 0.250. The zero-order chi connectivity index (χ0) is 22.0. The van der Waals surface area contributed by atoms with Gasteiger partial charge in [0, 0.05) is 50.5 Å². The largest absolute Gasteiger partial charge is 0.508 e. The second kappa shape index (κ2) is 11.4. The molecule has 1 saturated heterocycles. The van der Waals surface area contributed by atoms with E-state index in [1.807, 2.05) is 12.1 Å². The first kappa shape index (κ1) is 22.0. The lowest BCUT2D eigenvalue weighted by Crippen LogP contribution is -2.45. The van der Waals surface area contributed by atoms with E-state index in [0.717, 1.165) is 51.3 Å². The molecule has 3 aromatic rings. The second-order valence-electron chi connectivity index (χ2n) is 8.19. The van der Waals surface area contributed by atoms with Gasteiger partial charge < -0.3 is 15.3 Å². The Morgan fingerprint density at radius 3 is 2.22 bits per heavy atom. The monoisotopic (exact) mass is 425 g/mol. The summed E-state index contributed by atoms with van der Waals surface area (Å²) in [6.07, 6.45) is 0.926. The van der Waals surface area contributed by atoms with E-state index < -0.39 is 0 Å². The van der Waals surface area contributed by atoms with Crippen molar-refractivity contribution in [2.75, 3.05) is 44.2 Å². The van der Waals surface area contributed by atoms with Gasteiger partial charge in [-0.2, -0.15) is 0 Å². The van der Waals surface area contributed by atoms with Crippen LogP contribution in [0.1, 0.15) is 16.7 Å². The van der Waals surface area contributed by atoms with Crippen LogP contribution in [0.5, 0.6) is 5.75 Å². The molecule has 2 N–H and O–H groups in total. The van der Waals surface area contributed by atoms with Crippen molar-refractivity contribution in [3.8, 4) is 17.6 Å². The molecule has 0 saturated carbocycles. The van der Waals surface area contributed by atoms with E-state index in [0.29, 0.717) is 12.3 Å². The molecule has 1 aliphatic rings. The van der Waals surface area contributed by atoms with Gasteiger partial charge in [-0.15, -0.1) is 0 Å². The van der Waals surface area contributed by atoms with Crippen LogP contribution in [-0.4, -0.2) is 49.3 Å². The summed E-state index contributed by atoms with van der Waals surface area (Å²) in [4.78, 5) is 4.99. The fourth-order valence-electron chi connectivity index (χ4n) is 3.95. The smallest absolute Gasteiger partial charge is 0.115 e. The summed E-state index contributed by atoms with van der Waals surface area (Å²) < 4.78 is 0. The van der Waals surface area contributed by atoms with Crippen LogP contribution in [0, 0.1) is 11.8 Å². The average molecular weight is 426 g/mol. The van der Waals surface area contributed by atoms with Crippen molar-refractivity contribution in [1.82, 2.24) is 10.2 Å². The minimum atomic E-state index is 0.309. The third kappa shape index (κ3) is 6.62. The maximum absolute atomic E-state index is 9.32. The molecule has 3 aromatic carbocycles. The molecule has 0 unspecified atom stereocenters. The summed E-state index contributed by atoms with van der Waals surface area (Å²) in [7, 11) is 0. The molecular formula is C28H31N3O. The first-order valence-electron chi connectivity index (χ1n) is 11.3. The lowest BCUT2D eigenvalue weighted by Gasteiger charge is -2.36. The molecule has 32 heavy (non-hydrogen) atoms. The summed E-state index contributed by atoms with van der Waals surface area (Å²) in [5.74, 6) is 6.76. The topological polar surface area (TPSA) is 38.7 Å². The van der Waals surface area contributed by atoms with Gasteiger partial charge in [0.25, 0.3) is 0 Å². The summed E-state index contributed by atoms with van der Waals surface area (Å²) >= 11 is 0. The Kier molecular flexibility index (Phi) is 7.81. The molecule has 0 radical (unpaired) electrons. The number of phenolic OH excluding ortho intramolecular Hbond substituents is 1. The zero-order valence-corrected chi connectivity index (χ0v) is 18.5. The fourth-order valence-corrected chi connectivity index (χ4v) is 3.95. The van der Waals surface area contributed by atoms with E-state index >= 15 is 0 Å². The van der Waals surface area contributed by atoms with Gasteiger partial charge in [-0.25, -0.2) is 0 Å². The van der Waals surface area contributed by atoms with Crippen molar-refractivity contribution in [3.05, 3.63) is 95.6 Å². The SMILES string of the molecule is Oc1ccc(CCNCC#Cc2ccc(N3CCN(Cc4ccccc4)CC3)cc2)cc1. The molecule has 0 spiro atoms. The van der Waals surface area contributed by atoms with Gasteiger partial charge in [-0.3, -0.25) is 4.90 Å². The highest BCUT2D eigenvalue weighted by molar-refractivity contribution is 5.51. The van der Waals surface area contributed by atoms with Crippen LogP contribution in [0.15, 0.2) is 78.9 Å². The molecule has 0 aliphatic carbocycles. The Labute approximate surface area is 191 Å². The molecular weight excluding hydrogens is 394 g/mol. The predicted molar refractivity (Wildman–Crippen MR) is 132 cm³/mol. The molecule has 164 valence electrons. The van der Waals surface area contributed by atoms with Crippen LogP contribution in [0.25, 0.3) is 0 Å². The normalized spacial score (nSPS) is 14.1. The number of rotatable bonds is 7. The van der Waals surface area contributed by atoms with E-state index in [1.165, 1.54) is 16.8 Å². The van der Waals surface area contributed by atoms with Crippen molar-refractivity contribution >= 4 is 5.69 Å². The van der Waals surface area contributed by atoms with Crippen LogP contribution in [0.2, 0.25) is 0 Å². The molecule has 0 amide bonds. The molecule has 1 aliphatic heterocycles. The maximum Gasteiger partial charge on any atom is 0.115 e. The van der Waals surface area contributed by atoms with Gasteiger partial charge in [0.1, 0.15) is 5.75 Å². The minimum Gasteiger partial charge on any atom is -0.508 e. The van der Waals surface area contributed by atoms with Crippen LogP contribution in [0.3, 0.4) is 0 Å². The van der Waals surface area contributed by atoms with Crippen molar-refractivity contribution < 1.29 is 5.11 Å². The molecule has 4 heteroatoms. The van der Waals surface area contributed by atoms with E-state index in [9.17, 15) is 5.11 Å². The van der Waals surface area contributed by atoms with Gasteiger partial charge in [0.05, 0.1) is 6.54 Å². The maximum atomic E-state index is 9.32. The number of hydrogen-bond acceptors (Lipinski definition) is 4.